The lowest BCUT2D eigenvalue weighted by Crippen LogP contribution is -2.48. The molecule has 0 aromatic carbocycles. The highest BCUT2D eigenvalue weighted by molar-refractivity contribution is 5.88. The standard InChI is InChI=1S/C18H35N3O5/c1-6-7-8-19(3)14-17(23)21(10-12-26-5)15-18(24)20(9-11-25-4)13-16(2)22/h6-15H2,1-5H3. The summed E-state index contributed by atoms with van der Waals surface area (Å²) in [7, 11) is 4.99. The number of ether oxygens (including phenoxy) is 2. The van der Waals surface area contributed by atoms with Gasteiger partial charge < -0.3 is 19.3 Å². The van der Waals surface area contributed by atoms with Crippen LogP contribution in [-0.4, -0.2) is 106 Å². The molecule has 0 spiro atoms. The van der Waals surface area contributed by atoms with Crippen LogP contribution in [0.3, 0.4) is 0 Å². The second-order valence-electron chi connectivity index (χ2n) is 6.41. The monoisotopic (exact) mass is 373 g/mol. The molecule has 0 aliphatic heterocycles. The van der Waals surface area contributed by atoms with Gasteiger partial charge in [-0.3, -0.25) is 19.3 Å². The second-order valence-corrected chi connectivity index (χ2v) is 6.41. The summed E-state index contributed by atoms with van der Waals surface area (Å²) in [6.45, 7) is 5.91. The molecule has 0 rings (SSSR count). The van der Waals surface area contributed by atoms with Gasteiger partial charge in [0, 0.05) is 27.3 Å². The van der Waals surface area contributed by atoms with Crippen molar-refractivity contribution in [1.29, 1.82) is 0 Å². The van der Waals surface area contributed by atoms with Gasteiger partial charge in [0.2, 0.25) is 11.8 Å². The maximum atomic E-state index is 12.6. The predicted octanol–water partition coefficient (Wildman–Crippen LogP) is 0.257. The molecular weight excluding hydrogens is 338 g/mol. The molecule has 0 aliphatic carbocycles. The number of Topliss-reactive ketones (excluding diaryl/α,β-unsaturated/α-hetero) is 1. The third-order valence-electron chi connectivity index (χ3n) is 3.87. The number of likely N-dealkylation sites (N-methyl/N-ethyl adjacent to an activating group) is 1. The molecule has 8 nitrogen and oxygen atoms in total. The van der Waals surface area contributed by atoms with Crippen molar-refractivity contribution >= 4 is 17.6 Å². The zero-order valence-corrected chi connectivity index (χ0v) is 17.0. The largest absolute Gasteiger partial charge is 0.383 e. The van der Waals surface area contributed by atoms with E-state index in [4.69, 9.17) is 9.47 Å². The van der Waals surface area contributed by atoms with E-state index in [1.165, 1.54) is 23.8 Å². The third-order valence-corrected chi connectivity index (χ3v) is 3.87. The Labute approximate surface area is 157 Å². The summed E-state index contributed by atoms with van der Waals surface area (Å²) in [5, 5.41) is 0. The SMILES string of the molecule is CCCCN(C)CC(=O)N(CCOC)CC(=O)N(CCOC)CC(C)=O. The number of methoxy groups -OCH3 is 2. The van der Waals surface area contributed by atoms with Crippen LogP contribution in [0, 0.1) is 0 Å². The summed E-state index contributed by atoms with van der Waals surface area (Å²) in [5.41, 5.74) is 0. The molecule has 0 atom stereocenters. The first-order valence-electron chi connectivity index (χ1n) is 9.07. The molecule has 8 heteroatoms. The van der Waals surface area contributed by atoms with Gasteiger partial charge in [-0.1, -0.05) is 13.3 Å². The van der Waals surface area contributed by atoms with Crippen LogP contribution in [-0.2, 0) is 23.9 Å². The average Bonchev–Trinajstić information content (AvgIpc) is 2.59. The summed E-state index contributed by atoms with van der Waals surface area (Å²) in [6, 6.07) is 0. The van der Waals surface area contributed by atoms with E-state index in [2.05, 4.69) is 6.92 Å². The summed E-state index contributed by atoms with van der Waals surface area (Å²) < 4.78 is 10.1. The van der Waals surface area contributed by atoms with Crippen LogP contribution < -0.4 is 0 Å². The van der Waals surface area contributed by atoms with Gasteiger partial charge in [0.15, 0.2) is 0 Å². The Morgan fingerprint density at radius 1 is 0.808 bits per heavy atom. The maximum Gasteiger partial charge on any atom is 0.242 e. The molecule has 0 saturated heterocycles. The Bertz CT molecular complexity index is 431. The van der Waals surface area contributed by atoms with Crippen molar-refractivity contribution in [3.8, 4) is 0 Å². The maximum absolute atomic E-state index is 12.6. The molecule has 0 bridgehead atoms. The lowest BCUT2D eigenvalue weighted by Gasteiger charge is -2.28. The number of unbranched alkanes of at least 4 members (excludes halogenated alkanes) is 1. The van der Waals surface area contributed by atoms with Crippen LogP contribution in [0.2, 0.25) is 0 Å². The topological polar surface area (TPSA) is 79.4 Å². The fourth-order valence-electron chi connectivity index (χ4n) is 2.36. The van der Waals surface area contributed by atoms with Crippen LogP contribution in [0.5, 0.6) is 0 Å². The minimum atomic E-state index is -0.266. The van der Waals surface area contributed by atoms with Gasteiger partial charge in [0.25, 0.3) is 0 Å². The van der Waals surface area contributed by atoms with Crippen LogP contribution in [0.1, 0.15) is 26.7 Å². The zero-order valence-electron chi connectivity index (χ0n) is 17.0. The predicted molar refractivity (Wildman–Crippen MR) is 100.0 cm³/mol. The van der Waals surface area contributed by atoms with Crippen LogP contribution in [0.15, 0.2) is 0 Å². The molecule has 0 heterocycles. The van der Waals surface area contributed by atoms with Crippen molar-refractivity contribution in [2.45, 2.75) is 26.7 Å². The molecule has 0 aromatic heterocycles. The fourth-order valence-corrected chi connectivity index (χ4v) is 2.36. The summed E-state index contributed by atoms with van der Waals surface area (Å²) in [6.07, 6.45) is 2.08. The van der Waals surface area contributed by atoms with Gasteiger partial charge in [-0.15, -0.1) is 0 Å². The lowest BCUT2D eigenvalue weighted by molar-refractivity contribution is -0.143. The lowest BCUT2D eigenvalue weighted by atomic mass is 10.3. The van der Waals surface area contributed by atoms with E-state index in [0.717, 1.165) is 19.4 Å². The number of nitrogens with zero attached hydrogens (tertiary/aromatic N) is 3. The van der Waals surface area contributed by atoms with Crippen molar-refractivity contribution in [3.63, 3.8) is 0 Å². The van der Waals surface area contributed by atoms with Crippen molar-refractivity contribution < 1.29 is 23.9 Å². The highest BCUT2D eigenvalue weighted by Crippen LogP contribution is 2.00. The zero-order chi connectivity index (χ0) is 19.9. The first-order chi connectivity index (χ1) is 12.3. The number of hydrogen-bond donors (Lipinski definition) is 0. The smallest absolute Gasteiger partial charge is 0.242 e. The van der Waals surface area contributed by atoms with E-state index in [1.807, 2.05) is 11.9 Å². The molecular formula is C18H35N3O5. The molecule has 0 saturated carbocycles. The normalized spacial score (nSPS) is 10.8. The number of ketones is 1. The number of carbonyl (C=O) groups excluding carboxylic acids is 3. The van der Waals surface area contributed by atoms with E-state index in [-0.39, 0.29) is 37.2 Å². The average molecular weight is 373 g/mol. The van der Waals surface area contributed by atoms with E-state index in [9.17, 15) is 14.4 Å². The minimum Gasteiger partial charge on any atom is -0.383 e. The highest BCUT2D eigenvalue weighted by Gasteiger charge is 2.22. The molecule has 0 aliphatic rings. The molecule has 152 valence electrons. The Morgan fingerprint density at radius 2 is 1.31 bits per heavy atom. The van der Waals surface area contributed by atoms with Gasteiger partial charge in [0.1, 0.15) is 5.78 Å². The molecule has 0 radical (unpaired) electrons. The van der Waals surface area contributed by atoms with Crippen molar-refractivity contribution in [2.24, 2.45) is 0 Å². The van der Waals surface area contributed by atoms with Crippen LogP contribution in [0.4, 0.5) is 0 Å². The van der Waals surface area contributed by atoms with E-state index in [0.29, 0.717) is 26.3 Å². The Morgan fingerprint density at radius 3 is 1.77 bits per heavy atom. The first-order valence-corrected chi connectivity index (χ1v) is 9.07. The van der Waals surface area contributed by atoms with Crippen LogP contribution >= 0.6 is 0 Å². The van der Waals surface area contributed by atoms with Crippen molar-refractivity contribution in [2.75, 3.05) is 73.7 Å². The molecule has 0 fully saturated rings. The summed E-state index contributed by atoms with van der Waals surface area (Å²) >= 11 is 0. The quantitative estimate of drug-likeness (QED) is 0.410. The van der Waals surface area contributed by atoms with E-state index < -0.39 is 0 Å². The van der Waals surface area contributed by atoms with Gasteiger partial charge in [0.05, 0.1) is 32.8 Å². The number of hydrogen-bond acceptors (Lipinski definition) is 6. The number of carbonyl (C=O) groups is 3. The Balaban J connectivity index is 4.89. The van der Waals surface area contributed by atoms with Crippen LogP contribution in [0.25, 0.3) is 0 Å². The number of amides is 2. The minimum absolute atomic E-state index is 0.0188. The molecule has 0 N–H and O–H groups in total. The van der Waals surface area contributed by atoms with Gasteiger partial charge in [-0.2, -0.15) is 0 Å². The van der Waals surface area contributed by atoms with Gasteiger partial charge in [-0.05, 0) is 26.9 Å². The summed E-state index contributed by atoms with van der Waals surface area (Å²) in [5.74, 6) is -0.495. The van der Waals surface area contributed by atoms with Gasteiger partial charge in [-0.25, -0.2) is 0 Å². The fraction of sp³-hybridized carbons (Fsp3) is 0.833. The highest BCUT2D eigenvalue weighted by atomic mass is 16.5. The molecule has 26 heavy (non-hydrogen) atoms. The van der Waals surface area contributed by atoms with E-state index >= 15 is 0 Å². The Kier molecular flexibility index (Phi) is 13.8. The molecule has 0 aromatic rings. The van der Waals surface area contributed by atoms with Crippen molar-refractivity contribution in [3.05, 3.63) is 0 Å². The molecule has 0 unspecified atom stereocenters. The third kappa shape index (κ3) is 11.2. The van der Waals surface area contributed by atoms with Gasteiger partial charge >= 0.3 is 0 Å². The summed E-state index contributed by atoms with van der Waals surface area (Å²) in [4.78, 5) is 41.5. The first kappa shape index (κ1) is 24.5. The molecule has 2 amide bonds. The Hall–Kier alpha value is -1.51. The van der Waals surface area contributed by atoms with Crippen molar-refractivity contribution in [1.82, 2.24) is 14.7 Å². The second kappa shape index (κ2) is 14.6. The number of rotatable bonds is 15. The van der Waals surface area contributed by atoms with E-state index in [1.54, 1.807) is 7.11 Å².